The van der Waals surface area contributed by atoms with E-state index < -0.39 is 6.10 Å². The molecule has 1 aromatic heterocycles. The Hall–Kier alpha value is -1.51. The van der Waals surface area contributed by atoms with Crippen molar-refractivity contribution in [1.29, 1.82) is 0 Å². The van der Waals surface area contributed by atoms with Crippen LogP contribution in [0.3, 0.4) is 0 Å². The molecular formula is C17H27N3O5. The van der Waals surface area contributed by atoms with Crippen LogP contribution in [0.4, 0.5) is 0 Å². The van der Waals surface area contributed by atoms with Gasteiger partial charge in [-0.05, 0) is 19.8 Å². The van der Waals surface area contributed by atoms with E-state index >= 15 is 0 Å². The molecule has 2 aliphatic rings. The fourth-order valence-electron chi connectivity index (χ4n) is 3.02. The lowest BCUT2D eigenvalue weighted by Gasteiger charge is -2.35. The summed E-state index contributed by atoms with van der Waals surface area (Å²) in [5.41, 5.74) is 0. The first-order chi connectivity index (χ1) is 12.1. The minimum absolute atomic E-state index is 0.0874. The van der Waals surface area contributed by atoms with Crippen LogP contribution >= 0.6 is 0 Å². The van der Waals surface area contributed by atoms with Crippen molar-refractivity contribution in [2.75, 3.05) is 33.0 Å². The van der Waals surface area contributed by atoms with Crippen LogP contribution < -0.4 is 0 Å². The summed E-state index contributed by atoms with van der Waals surface area (Å²) in [5, 5.41) is 8.17. The molecule has 3 rings (SSSR count). The zero-order valence-corrected chi connectivity index (χ0v) is 15.1. The second kappa shape index (κ2) is 8.25. The van der Waals surface area contributed by atoms with Crippen molar-refractivity contribution in [3.8, 4) is 0 Å². The highest BCUT2D eigenvalue weighted by atomic mass is 16.5. The Kier molecular flexibility index (Phi) is 6.03. The fraction of sp³-hybridized carbons (Fsp3) is 0.824. The van der Waals surface area contributed by atoms with E-state index in [0.717, 1.165) is 19.4 Å². The molecule has 25 heavy (non-hydrogen) atoms. The molecule has 3 heterocycles. The zero-order valence-electron chi connectivity index (χ0n) is 15.1. The number of carbonyl (C=O) groups excluding carboxylic acids is 1. The van der Waals surface area contributed by atoms with Crippen LogP contribution in [0, 0.1) is 0 Å². The lowest BCUT2D eigenvalue weighted by molar-refractivity contribution is -0.154. The Balaban J connectivity index is 1.63. The van der Waals surface area contributed by atoms with Gasteiger partial charge in [0.1, 0.15) is 12.1 Å². The number of carbonyl (C=O) groups is 1. The van der Waals surface area contributed by atoms with Gasteiger partial charge in [0.2, 0.25) is 11.8 Å². The van der Waals surface area contributed by atoms with Crippen LogP contribution in [0.1, 0.15) is 57.4 Å². The normalized spacial score (nSPS) is 25.5. The number of nitrogens with zero attached hydrogens (tertiary/aromatic N) is 3. The number of rotatable bonds is 6. The molecule has 2 aliphatic heterocycles. The highest BCUT2D eigenvalue weighted by Crippen LogP contribution is 2.26. The second-order valence-corrected chi connectivity index (χ2v) is 6.87. The lowest BCUT2D eigenvalue weighted by Crippen LogP contribution is -2.48. The summed E-state index contributed by atoms with van der Waals surface area (Å²) in [4.78, 5) is 14.6. The van der Waals surface area contributed by atoms with Gasteiger partial charge in [-0.1, -0.05) is 13.8 Å². The molecule has 1 aromatic rings. The molecule has 0 aromatic carbocycles. The molecule has 0 saturated carbocycles. The van der Waals surface area contributed by atoms with Gasteiger partial charge in [0.25, 0.3) is 5.91 Å². The largest absolute Gasteiger partial charge is 0.423 e. The van der Waals surface area contributed by atoms with E-state index in [1.54, 1.807) is 11.8 Å². The summed E-state index contributed by atoms with van der Waals surface area (Å²) in [6.45, 7) is 8.29. The molecule has 0 unspecified atom stereocenters. The maximum atomic E-state index is 12.8. The van der Waals surface area contributed by atoms with E-state index in [-0.39, 0.29) is 24.0 Å². The molecule has 0 radical (unpaired) electrons. The third kappa shape index (κ3) is 4.37. The molecule has 0 aliphatic carbocycles. The summed E-state index contributed by atoms with van der Waals surface area (Å²) in [7, 11) is 0. The van der Waals surface area contributed by atoms with E-state index in [0.29, 0.717) is 38.1 Å². The first-order valence-corrected chi connectivity index (χ1v) is 9.01. The first kappa shape index (κ1) is 18.3. The molecule has 2 saturated heterocycles. The average Bonchev–Trinajstić information content (AvgIpc) is 3.30. The number of ether oxygens (including phenoxy) is 3. The van der Waals surface area contributed by atoms with Gasteiger partial charge in [0.05, 0.1) is 25.9 Å². The highest BCUT2D eigenvalue weighted by molar-refractivity contribution is 5.81. The van der Waals surface area contributed by atoms with Crippen molar-refractivity contribution >= 4 is 5.91 Å². The number of amides is 1. The zero-order chi connectivity index (χ0) is 17.8. The fourth-order valence-corrected chi connectivity index (χ4v) is 3.02. The van der Waals surface area contributed by atoms with Crippen molar-refractivity contribution in [2.24, 2.45) is 0 Å². The first-order valence-electron chi connectivity index (χ1n) is 9.01. The van der Waals surface area contributed by atoms with E-state index in [2.05, 4.69) is 10.2 Å². The Morgan fingerprint density at radius 3 is 2.84 bits per heavy atom. The van der Waals surface area contributed by atoms with Crippen LogP contribution in [0.15, 0.2) is 4.42 Å². The molecule has 0 bridgehead atoms. The Morgan fingerprint density at radius 2 is 2.16 bits per heavy atom. The van der Waals surface area contributed by atoms with E-state index in [4.69, 9.17) is 18.6 Å². The third-order valence-corrected chi connectivity index (χ3v) is 4.55. The highest BCUT2D eigenvalue weighted by Gasteiger charge is 2.35. The summed E-state index contributed by atoms with van der Waals surface area (Å²) < 4.78 is 22.5. The van der Waals surface area contributed by atoms with Crippen LogP contribution in [-0.2, 0) is 19.0 Å². The van der Waals surface area contributed by atoms with Gasteiger partial charge in [0.15, 0.2) is 0 Å². The maximum Gasteiger partial charge on any atom is 0.252 e. The number of morpholine rings is 1. The van der Waals surface area contributed by atoms with Crippen molar-refractivity contribution in [3.05, 3.63) is 11.8 Å². The smallest absolute Gasteiger partial charge is 0.252 e. The van der Waals surface area contributed by atoms with Crippen molar-refractivity contribution < 1.29 is 23.4 Å². The summed E-state index contributed by atoms with van der Waals surface area (Å²) in [6, 6.07) is -0.366. The average molecular weight is 353 g/mol. The summed E-state index contributed by atoms with van der Waals surface area (Å²) in [5.74, 6) is 1.04. The molecule has 2 fully saturated rings. The Morgan fingerprint density at radius 1 is 1.32 bits per heavy atom. The maximum absolute atomic E-state index is 12.8. The van der Waals surface area contributed by atoms with Gasteiger partial charge in [-0.3, -0.25) is 4.79 Å². The van der Waals surface area contributed by atoms with Gasteiger partial charge in [-0.15, -0.1) is 10.2 Å². The predicted molar refractivity (Wildman–Crippen MR) is 88.0 cm³/mol. The van der Waals surface area contributed by atoms with Crippen LogP contribution in [0.25, 0.3) is 0 Å². The third-order valence-electron chi connectivity index (χ3n) is 4.55. The van der Waals surface area contributed by atoms with Gasteiger partial charge in [0, 0.05) is 19.1 Å². The van der Waals surface area contributed by atoms with E-state index in [1.807, 2.05) is 13.8 Å². The minimum Gasteiger partial charge on any atom is -0.423 e. The van der Waals surface area contributed by atoms with Crippen LogP contribution in [0.5, 0.6) is 0 Å². The molecule has 8 heteroatoms. The molecule has 1 amide bonds. The summed E-state index contributed by atoms with van der Waals surface area (Å²) in [6.07, 6.45) is 1.59. The lowest BCUT2D eigenvalue weighted by atomic mass is 10.2. The van der Waals surface area contributed by atoms with Crippen molar-refractivity contribution in [2.45, 2.75) is 57.8 Å². The molecule has 3 atom stereocenters. The molecule has 8 nitrogen and oxygen atoms in total. The number of hydrogen-bond donors (Lipinski definition) is 0. The van der Waals surface area contributed by atoms with E-state index in [9.17, 15) is 4.79 Å². The summed E-state index contributed by atoms with van der Waals surface area (Å²) >= 11 is 0. The van der Waals surface area contributed by atoms with Gasteiger partial charge in [-0.2, -0.15) is 0 Å². The van der Waals surface area contributed by atoms with Crippen LogP contribution in [-0.4, -0.2) is 66.2 Å². The SMILES string of the molecule is CC(C)c1nnc([C@@H]2COCCN2C(=O)[C@H](C)OC[C@@H]2CCCO2)o1. The number of hydrogen-bond acceptors (Lipinski definition) is 7. The van der Waals surface area contributed by atoms with Gasteiger partial charge >= 0.3 is 0 Å². The monoisotopic (exact) mass is 353 g/mol. The van der Waals surface area contributed by atoms with Crippen LogP contribution in [0.2, 0.25) is 0 Å². The molecule has 0 N–H and O–H groups in total. The van der Waals surface area contributed by atoms with Crippen molar-refractivity contribution in [3.63, 3.8) is 0 Å². The molecular weight excluding hydrogens is 326 g/mol. The predicted octanol–water partition coefficient (Wildman–Crippen LogP) is 1.68. The quantitative estimate of drug-likeness (QED) is 0.769. The Bertz CT molecular complexity index is 570. The minimum atomic E-state index is -0.544. The topological polar surface area (TPSA) is 86.9 Å². The molecule has 140 valence electrons. The van der Waals surface area contributed by atoms with Crippen molar-refractivity contribution in [1.82, 2.24) is 15.1 Å². The van der Waals surface area contributed by atoms with Gasteiger partial charge in [-0.25, -0.2) is 0 Å². The standard InChI is InChI=1S/C17H27N3O5/c1-11(2)15-18-19-16(25-15)14-10-22-8-6-20(14)17(21)12(3)24-9-13-5-4-7-23-13/h11-14H,4-10H2,1-3H3/t12-,13-,14-/m0/s1. The molecule has 0 spiro atoms. The van der Waals surface area contributed by atoms with Gasteiger partial charge < -0.3 is 23.5 Å². The van der Waals surface area contributed by atoms with E-state index in [1.165, 1.54) is 0 Å². The second-order valence-electron chi connectivity index (χ2n) is 6.87. The number of aromatic nitrogens is 2. The Labute approximate surface area is 147 Å².